The number of benzene rings is 4. The smallest absolute Gasteiger partial charge is 0.399 e. The number of hydrogen-bond donors (Lipinski definition) is 0. The van der Waals surface area contributed by atoms with E-state index >= 15 is 0 Å². The lowest BCUT2D eigenvalue weighted by Gasteiger charge is -2.34. The van der Waals surface area contributed by atoms with Crippen molar-refractivity contribution in [2.24, 2.45) is 0 Å². The van der Waals surface area contributed by atoms with Gasteiger partial charge in [0.1, 0.15) is 0 Å². The van der Waals surface area contributed by atoms with Crippen LogP contribution < -0.4 is 15.8 Å². The Labute approximate surface area is 364 Å². The molecule has 0 N–H and O–H groups in total. The van der Waals surface area contributed by atoms with Gasteiger partial charge in [-0.25, -0.2) is 0 Å². The standard InChI is InChI=1S/C53H73B2NO4/c1-11-13-15-17-19-23-38-53(39-24-20-18-16-14-12-2)45-27-22-21-26-44(45)48-46(53)28-25-29-47(48)56(42-34-30-40(31-35-42)54-57-49(3,4)50(5,6)58-54)43-36-32-41(33-37-43)55-59-51(7,8)52(9,10)60-55/h21-22,25-37H,11-20,23-24,38-39H2,1-10H3. The third kappa shape index (κ3) is 8.81. The SMILES string of the molecule is CCCCCCCCC1(CCCCCCCC)c2ccccc2-c2c(N(c3ccc(B4OC(C)(C)C(C)(C)O4)cc3)c3ccc(B4OC(C)(C)C(C)(C)O4)cc3)cccc21. The Hall–Kier alpha value is -3.35. The molecule has 0 bridgehead atoms. The molecule has 7 heteroatoms. The summed E-state index contributed by atoms with van der Waals surface area (Å²) in [6.07, 6.45) is 18.0. The van der Waals surface area contributed by atoms with Crippen molar-refractivity contribution in [3.05, 3.63) is 102 Å². The molecule has 0 unspecified atom stereocenters. The third-order valence-electron chi connectivity index (χ3n) is 14.8. The highest BCUT2D eigenvalue weighted by atomic mass is 16.7. The van der Waals surface area contributed by atoms with Gasteiger partial charge in [-0.2, -0.15) is 0 Å². The molecule has 0 radical (unpaired) electrons. The third-order valence-corrected chi connectivity index (χ3v) is 14.8. The summed E-state index contributed by atoms with van der Waals surface area (Å²) in [5, 5.41) is 0. The molecule has 2 heterocycles. The van der Waals surface area contributed by atoms with Crippen LogP contribution in [0.3, 0.4) is 0 Å². The van der Waals surface area contributed by atoms with E-state index in [1.807, 2.05) is 0 Å². The molecule has 320 valence electrons. The Bertz CT molecular complexity index is 1910. The molecule has 4 aromatic rings. The van der Waals surface area contributed by atoms with Crippen LogP contribution in [0.4, 0.5) is 17.1 Å². The van der Waals surface area contributed by atoms with Crippen LogP contribution in [-0.4, -0.2) is 36.6 Å². The number of nitrogens with zero attached hydrogens (tertiary/aromatic N) is 1. The van der Waals surface area contributed by atoms with Crippen molar-refractivity contribution in [1.29, 1.82) is 0 Å². The van der Waals surface area contributed by atoms with Crippen molar-refractivity contribution in [2.75, 3.05) is 4.90 Å². The van der Waals surface area contributed by atoms with Gasteiger partial charge in [-0.1, -0.05) is 152 Å². The summed E-state index contributed by atoms with van der Waals surface area (Å²) in [6, 6.07) is 34.2. The second-order valence-electron chi connectivity index (χ2n) is 20.1. The maximum Gasteiger partial charge on any atom is 0.494 e. The Morgan fingerprint density at radius 1 is 0.433 bits per heavy atom. The Balaban J connectivity index is 1.31. The van der Waals surface area contributed by atoms with Crippen LogP contribution in [0.1, 0.15) is 170 Å². The van der Waals surface area contributed by atoms with Crippen molar-refractivity contribution >= 4 is 42.2 Å². The Morgan fingerprint density at radius 2 is 0.833 bits per heavy atom. The summed E-state index contributed by atoms with van der Waals surface area (Å²) in [7, 11) is -0.844. The Morgan fingerprint density at radius 3 is 1.28 bits per heavy atom. The maximum absolute atomic E-state index is 6.49. The van der Waals surface area contributed by atoms with Gasteiger partial charge in [0.15, 0.2) is 0 Å². The number of unbranched alkanes of at least 4 members (excludes halogenated alkanes) is 10. The normalized spacial score (nSPS) is 19.1. The van der Waals surface area contributed by atoms with Gasteiger partial charge in [-0.15, -0.1) is 0 Å². The van der Waals surface area contributed by atoms with Crippen molar-refractivity contribution in [1.82, 2.24) is 0 Å². The van der Waals surface area contributed by atoms with Crippen molar-refractivity contribution in [2.45, 2.75) is 187 Å². The van der Waals surface area contributed by atoms with E-state index in [-0.39, 0.29) is 5.41 Å². The van der Waals surface area contributed by atoms with Crippen LogP contribution in [0.15, 0.2) is 91.0 Å². The zero-order chi connectivity index (χ0) is 42.8. The minimum atomic E-state index is -0.422. The number of anilines is 3. The lowest BCUT2D eigenvalue weighted by atomic mass is 9.70. The summed E-state index contributed by atoms with van der Waals surface area (Å²) in [5.41, 5.74) is 9.57. The molecule has 60 heavy (non-hydrogen) atoms. The van der Waals surface area contributed by atoms with E-state index in [1.54, 1.807) is 0 Å². The molecule has 0 atom stereocenters. The van der Waals surface area contributed by atoms with Crippen LogP contribution in [0.2, 0.25) is 0 Å². The van der Waals surface area contributed by atoms with E-state index in [0.29, 0.717) is 0 Å². The van der Waals surface area contributed by atoms with Crippen molar-refractivity contribution in [3.8, 4) is 11.1 Å². The highest BCUT2D eigenvalue weighted by molar-refractivity contribution is 6.62. The van der Waals surface area contributed by atoms with Crippen LogP contribution >= 0.6 is 0 Å². The van der Waals surface area contributed by atoms with Gasteiger partial charge < -0.3 is 23.5 Å². The van der Waals surface area contributed by atoms with Crippen LogP contribution in [0.25, 0.3) is 11.1 Å². The molecule has 7 rings (SSSR count). The monoisotopic (exact) mass is 810 g/mol. The first kappa shape index (κ1) is 44.7. The van der Waals surface area contributed by atoms with Crippen LogP contribution in [0, 0.1) is 0 Å². The molecular weight excluding hydrogens is 736 g/mol. The van der Waals surface area contributed by atoms with Gasteiger partial charge in [0, 0.05) is 22.4 Å². The molecule has 0 spiro atoms. The van der Waals surface area contributed by atoms with Crippen LogP contribution in [0.5, 0.6) is 0 Å². The lowest BCUT2D eigenvalue weighted by molar-refractivity contribution is 0.00578. The molecule has 2 fully saturated rings. The van der Waals surface area contributed by atoms with E-state index in [9.17, 15) is 0 Å². The molecule has 0 saturated carbocycles. The average Bonchev–Trinajstić information content (AvgIpc) is 3.72. The molecule has 4 aromatic carbocycles. The second-order valence-corrected chi connectivity index (χ2v) is 20.1. The first-order valence-corrected chi connectivity index (χ1v) is 23.6. The predicted molar refractivity (Wildman–Crippen MR) is 255 cm³/mol. The molecule has 3 aliphatic rings. The number of hydrogen-bond acceptors (Lipinski definition) is 5. The first-order chi connectivity index (χ1) is 28.6. The molecule has 0 amide bonds. The first-order valence-electron chi connectivity index (χ1n) is 23.6. The minimum Gasteiger partial charge on any atom is -0.399 e. The number of fused-ring (bicyclic) bond motifs is 3. The van der Waals surface area contributed by atoms with Gasteiger partial charge in [0.25, 0.3) is 0 Å². The second kappa shape index (κ2) is 18.2. The molecule has 1 aliphatic carbocycles. The van der Waals surface area contributed by atoms with E-state index in [1.165, 1.54) is 118 Å². The van der Waals surface area contributed by atoms with Crippen molar-refractivity contribution in [3.63, 3.8) is 0 Å². The molecule has 0 aromatic heterocycles. The molecule has 2 saturated heterocycles. The fourth-order valence-corrected chi connectivity index (χ4v) is 9.70. The zero-order valence-electron chi connectivity index (χ0n) is 38.8. The fraction of sp³-hybridized carbons (Fsp3) is 0.547. The number of rotatable bonds is 19. The largest absolute Gasteiger partial charge is 0.494 e. The minimum absolute atomic E-state index is 0.00957. The van der Waals surface area contributed by atoms with Gasteiger partial charge in [-0.3, -0.25) is 0 Å². The fourth-order valence-electron chi connectivity index (χ4n) is 9.70. The van der Waals surface area contributed by atoms with Gasteiger partial charge in [-0.05, 0) is 126 Å². The quantitative estimate of drug-likeness (QED) is 0.0697. The maximum atomic E-state index is 6.49. The lowest BCUT2D eigenvalue weighted by Crippen LogP contribution is -2.41. The Kier molecular flexibility index (Phi) is 13.5. The summed E-state index contributed by atoms with van der Waals surface area (Å²) >= 11 is 0. The highest BCUT2D eigenvalue weighted by Crippen LogP contribution is 2.58. The van der Waals surface area contributed by atoms with Crippen molar-refractivity contribution < 1.29 is 18.6 Å². The summed E-state index contributed by atoms with van der Waals surface area (Å²) in [4.78, 5) is 2.46. The molecule has 2 aliphatic heterocycles. The predicted octanol–water partition coefficient (Wildman–Crippen LogP) is 13.5. The van der Waals surface area contributed by atoms with E-state index < -0.39 is 36.6 Å². The zero-order valence-corrected chi connectivity index (χ0v) is 38.8. The van der Waals surface area contributed by atoms with Gasteiger partial charge in [0.05, 0.1) is 28.1 Å². The average molecular weight is 810 g/mol. The van der Waals surface area contributed by atoms with E-state index in [4.69, 9.17) is 18.6 Å². The van der Waals surface area contributed by atoms with Crippen LogP contribution in [-0.2, 0) is 24.0 Å². The highest BCUT2D eigenvalue weighted by Gasteiger charge is 2.53. The summed E-state index contributed by atoms with van der Waals surface area (Å²) < 4.78 is 26.0. The summed E-state index contributed by atoms with van der Waals surface area (Å²) in [6.45, 7) is 21.5. The summed E-state index contributed by atoms with van der Waals surface area (Å²) in [5.74, 6) is 0. The van der Waals surface area contributed by atoms with E-state index in [2.05, 4.69) is 165 Å². The molecular formula is C53H73B2NO4. The van der Waals surface area contributed by atoms with Gasteiger partial charge >= 0.3 is 14.2 Å². The topological polar surface area (TPSA) is 40.2 Å². The molecule has 5 nitrogen and oxygen atoms in total. The van der Waals surface area contributed by atoms with E-state index in [0.717, 1.165) is 22.3 Å². The van der Waals surface area contributed by atoms with Gasteiger partial charge in [0.2, 0.25) is 0 Å².